The summed E-state index contributed by atoms with van der Waals surface area (Å²) in [6.45, 7) is 5.55. The first kappa shape index (κ1) is 14.4. The molecule has 0 bridgehead atoms. The van der Waals surface area contributed by atoms with Crippen molar-refractivity contribution in [3.63, 3.8) is 0 Å². The molecule has 1 heterocycles. The standard InChI is InChI=1S/C14H22ClN3O/c1-3-9-19-13-10-11(2)16-14(17-13)18(8-7-15)12-5-4-6-12/h10,12H,3-9H2,1-2H3. The fourth-order valence-corrected chi connectivity index (χ4v) is 2.35. The molecule has 5 heteroatoms. The number of halogens is 1. The van der Waals surface area contributed by atoms with Crippen LogP contribution in [0.5, 0.6) is 5.88 Å². The first-order chi connectivity index (χ1) is 9.24. The average molecular weight is 284 g/mol. The summed E-state index contributed by atoms with van der Waals surface area (Å²) in [4.78, 5) is 11.3. The summed E-state index contributed by atoms with van der Waals surface area (Å²) >= 11 is 5.91. The third kappa shape index (κ3) is 3.72. The Kier molecular flexibility index (Phi) is 5.25. The Balaban J connectivity index is 2.17. The third-order valence-corrected chi connectivity index (χ3v) is 3.54. The van der Waals surface area contributed by atoms with Crippen LogP contribution in [0.3, 0.4) is 0 Å². The molecule has 1 aliphatic rings. The van der Waals surface area contributed by atoms with Crippen LogP contribution in [-0.2, 0) is 0 Å². The van der Waals surface area contributed by atoms with Gasteiger partial charge in [0.05, 0.1) is 6.61 Å². The maximum absolute atomic E-state index is 5.91. The Morgan fingerprint density at radius 1 is 1.42 bits per heavy atom. The first-order valence-corrected chi connectivity index (χ1v) is 7.59. The quantitative estimate of drug-likeness (QED) is 0.721. The molecule has 0 amide bonds. The number of aromatic nitrogens is 2. The maximum Gasteiger partial charge on any atom is 0.229 e. The van der Waals surface area contributed by atoms with Crippen LogP contribution < -0.4 is 9.64 Å². The van der Waals surface area contributed by atoms with Crippen LogP contribution in [0.1, 0.15) is 38.3 Å². The van der Waals surface area contributed by atoms with Crippen molar-refractivity contribution in [2.75, 3.05) is 23.9 Å². The molecule has 1 saturated carbocycles. The monoisotopic (exact) mass is 283 g/mol. The minimum absolute atomic E-state index is 0.541. The van der Waals surface area contributed by atoms with E-state index in [2.05, 4.69) is 21.8 Å². The van der Waals surface area contributed by atoms with E-state index in [1.165, 1.54) is 19.3 Å². The van der Waals surface area contributed by atoms with Crippen molar-refractivity contribution >= 4 is 17.5 Å². The van der Waals surface area contributed by atoms with Gasteiger partial charge in [0.25, 0.3) is 0 Å². The number of alkyl halides is 1. The second-order valence-corrected chi connectivity index (χ2v) is 5.34. The van der Waals surface area contributed by atoms with Gasteiger partial charge in [0.2, 0.25) is 11.8 Å². The Morgan fingerprint density at radius 3 is 2.79 bits per heavy atom. The molecule has 0 unspecified atom stereocenters. The topological polar surface area (TPSA) is 38.2 Å². The normalized spacial score (nSPS) is 15.1. The molecule has 1 aromatic heterocycles. The zero-order valence-corrected chi connectivity index (χ0v) is 12.5. The molecule has 0 saturated heterocycles. The van der Waals surface area contributed by atoms with E-state index in [1.807, 2.05) is 13.0 Å². The Labute approximate surface area is 120 Å². The molecule has 0 N–H and O–H groups in total. The van der Waals surface area contributed by atoms with Gasteiger partial charge in [-0.25, -0.2) is 4.98 Å². The lowest BCUT2D eigenvalue weighted by Crippen LogP contribution is -2.42. The number of anilines is 1. The highest BCUT2D eigenvalue weighted by atomic mass is 35.5. The zero-order valence-electron chi connectivity index (χ0n) is 11.7. The van der Waals surface area contributed by atoms with E-state index >= 15 is 0 Å². The van der Waals surface area contributed by atoms with Gasteiger partial charge in [-0.2, -0.15) is 4.98 Å². The van der Waals surface area contributed by atoms with Gasteiger partial charge in [0.15, 0.2) is 0 Å². The van der Waals surface area contributed by atoms with Gasteiger partial charge in [0.1, 0.15) is 0 Å². The van der Waals surface area contributed by atoms with Gasteiger partial charge in [0, 0.05) is 30.2 Å². The summed E-state index contributed by atoms with van der Waals surface area (Å²) in [7, 11) is 0. The fraction of sp³-hybridized carbons (Fsp3) is 0.714. The van der Waals surface area contributed by atoms with Crippen molar-refractivity contribution in [1.29, 1.82) is 0 Å². The number of hydrogen-bond donors (Lipinski definition) is 0. The first-order valence-electron chi connectivity index (χ1n) is 7.05. The van der Waals surface area contributed by atoms with Crippen LogP contribution in [0.15, 0.2) is 6.07 Å². The predicted molar refractivity (Wildman–Crippen MR) is 78.3 cm³/mol. The van der Waals surface area contributed by atoms with E-state index in [0.29, 0.717) is 24.4 Å². The van der Waals surface area contributed by atoms with Crippen molar-refractivity contribution in [2.45, 2.75) is 45.6 Å². The number of nitrogens with zero attached hydrogens (tertiary/aromatic N) is 3. The van der Waals surface area contributed by atoms with E-state index in [1.54, 1.807) is 0 Å². The van der Waals surface area contributed by atoms with Gasteiger partial charge in [-0.3, -0.25) is 0 Å². The molecule has 19 heavy (non-hydrogen) atoms. The van der Waals surface area contributed by atoms with Gasteiger partial charge >= 0.3 is 0 Å². The molecular weight excluding hydrogens is 262 g/mol. The van der Waals surface area contributed by atoms with Crippen molar-refractivity contribution < 1.29 is 4.74 Å². The molecule has 1 aliphatic carbocycles. The highest BCUT2D eigenvalue weighted by Crippen LogP contribution is 2.28. The van der Waals surface area contributed by atoms with Crippen molar-refractivity contribution in [2.24, 2.45) is 0 Å². The van der Waals surface area contributed by atoms with Crippen LogP contribution >= 0.6 is 11.6 Å². The largest absolute Gasteiger partial charge is 0.478 e. The molecule has 0 atom stereocenters. The van der Waals surface area contributed by atoms with Crippen LogP contribution in [0.25, 0.3) is 0 Å². The summed E-state index contributed by atoms with van der Waals surface area (Å²) in [6, 6.07) is 2.43. The summed E-state index contributed by atoms with van der Waals surface area (Å²) in [6.07, 6.45) is 4.68. The lowest BCUT2D eigenvalue weighted by atomic mass is 9.92. The number of ether oxygens (including phenoxy) is 1. The Morgan fingerprint density at radius 2 is 2.21 bits per heavy atom. The third-order valence-electron chi connectivity index (χ3n) is 3.37. The maximum atomic E-state index is 5.91. The zero-order chi connectivity index (χ0) is 13.7. The van der Waals surface area contributed by atoms with Crippen molar-refractivity contribution in [3.8, 4) is 5.88 Å². The summed E-state index contributed by atoms with van der Waals surface area (Å²) < 4.78 is 5.63. The van der Waals surface area contributed by atoms with E-state index in [4.69, 9.17) is 16.3 Å². The second-order valence-electron chi connectivity index (χ2n) is 4.96. The summed E-state index contributed by atoms with van der Waals surface area (Å²) in [5.74, 6) is 2.03. The Bertz CT molecular complexity index is 410. The smallest absolute Gasteiger partial charge is 0.229 e. The van der Waals surface area contributed by atoms with Crippen molar-refractivity contribution in [3.05, 3.63) is 11.8 Å². The summed E-state index contributed by atoms with van der Waals surface area (Å²) in [5.41, 5.74) is 0.940. The number of aryl methyl sites for hydroxylation is 1. The fourth-order valence-electron chi connectivity index (χ4n) is 2.17. The van der Waals surface area contributed by atoms with E-state index in [0.717, 1.165) is 24.6 Å². The highest BCUT2D eigenvalue weighted by molar-refractivity contribution is 6.18. The average Bonchev–Trinajstić information content (AvgIpc) is 2.33. The van der Waals surface area contributed by atoms with E-state index < -0.39 is 0 Å². The van der Waals surface area contributed by atoms with E-state index in [-0.39, 0.29) is 0 Å². The Hall–Kier alpha value is -1.03. The minimum atomic E-state index is 0.541. The predicted octanol–water partition coefficient (Wildman–Crippen LogP) is 3.17. The molecule has 0 aliphatic heterocycles. The lowest BCUT2D eigenvalue weighted by Gasteiger charge is -2.37. The minimum Gasteiger partial charge on any atom is -0.478 e. The highest BCUT2D eigenvalue weighted by Gasteiger charge is 2.26. The molecular formula is C14H22ClN3O. The van der Waals surface area contributed by atoms with Gasteiger partial charge < -0.3 is 9.64 Å². The SMILES string of the molecule is CCCOc1cc(C)nc(N(CCCl)C2CCC2)n1. The molecule has 1 fully saturated rings. The van der Waals surface area contributed by atoms with Crippen LogP contribution in [0, 0.1) is 6.92 Å². The summed E-state index contributed by atoms with van der Waals surface area (Å²) in [5, 5.41) is 0. The number of hydrogen-bond acceptors (Lipinski definition) is 4. The van der Waals surface area contributed by atoms with Gasteiger partial charge in [-0.1, -0.05) is 6.92 Å². The molecule has 106 valence electrons. The van der Waals surface area contributed by atoms with Crippen LogP contribution in [0.2, 0.25) is 0 Å². The molecule has 0 radical (unpaired) electrons. The van der Waals surface area contributed by atoms with Gasteiger partial charge in [-0.15, -0.1) is 11.6 Å². The molecule has 0 aromatic carbocycles. The lowest BCUT2D eigenvalue weighted by molar-refractivity contribution is 0.303. The molecule has 0 spiro atoms. The molecule has 4 nitrogen and oxygen atoms in total. The molecule has 1 aromatic rings. The van der Waals surface area contributed by atoms with Crippen molar-refractivity contribution in [1.82, 2.24) is 9.97 Å². The van der Waals surface area contributed by atoms with Crippen LogP contribution in [0.4, 0.5) is 5.95 Å². The second kappa shape index (κ2) is 6.94. The van der Waals surface area contributed by atoms with Gasteiger partial charge in [-0.05, 0) is 32.6 Å². The number of rotatable bonds is 7. The molecule has 2 rings (SSSR count). The van der Waals surface area contributed by atoms with E-state index in [9.17, 15) is 0 Å². The van der Waals surface area contributed by atoms with Crippen LogP contribution in [-0.4, -0.2) is 35.0 Å².